The molecule has 0 saturated carbocycles. The predicted octanol–water partition coefficient (Wildman–Crippen LogP) is 4.04. The molecular weight excluding hydrogens is 620 g/mol. The van der Waals surface area contributed by atoms with Crippen molar-refractivity contribution in [2.45, 2.75) is 57.7 Å². The number of nitrogens with one attached hydrogen (secondary N) is 1. The molecule has 8 heterocycles. The van der Waals surface area contributed by atoms with E-state index in [4.69, 9.17) is 4.74 Å². The van der Waals surface area contributed by atoms with E-state index >= 15 is 0 Å². The Kier molecular flexibility index (Phi) is 8.28. The summed E-state index contributed by atoms with van der Waals surface area (Å²) in [6.45, 7) is 8.19. The van der Waals surface area contributed by atoms with Crippen molar-refractivity contribution >= 4 is 35.2 Å². The zero-order valence-corrected chi connectivity index (χ0v) is 28.1. The van der Waals surface area contributed by atoms with Gasteiger partial charge in [-0.05, 0) is 61.6 Å². The maximum absolute atomic E-state index is 13.8. The van der Waals surface area contributed by atoms with Gasteiger partial charge in [-0.2, -0.15) is 0 Å². The first-order valence-electron chi connectivity index (χ1n) is 17.4. The van der Waals surface area contributed by atoms with E-state index < -0.39 is 0 Å². The number of carbonyl (C=O) groups is 2. The fourth-order valence-electron chi connectivity index (χ4n) is 7.93. The Bertz CT molecular complexity index is 1960. The Labute approximate surface area is 285 Å². The first kappa shape index (κ1) is 31.5. The van der Waals surface area contributed by atoms with Crippen LogP contribution in [0.3, 0.4) is 0 Å². The summed E-state index contributed by atoms with van der Waals surface area (Å²) in [4.78, 5) is 55.6. The van der Waals surface area contributed by atoms with Crippen molar-refractivity contribution in [2.75, 3.05) is 54.5 Å². The maximum atomic E-state index is 13.8. The van der Waals surface area contributed by atoms with Gasteiger partial charge in [-0.3, -0.25) is 24.2 Å². The molecule has 2 saturated heterocycles. The van der Waals surface area contributed by atoms with Crippen molar-refractivity contribution in [3.63, 3.8) is 0 Å². The zero-order chi connectivity index (χ0) is 33.6. The number of nitrogens with zero attached hydrogens (tertiary/aromatic N) is 7. The zero-order valence-electron chi connectivity index (χ0n) is 28.1. The van der Waals surface area contributed by atoms with Crippen LogP contribution in [0.25, 0.3) is 11.1 Å². The van der Waals surface area contributed by atoms with Gasteiger partial charge in [0.15, 0.2) is 6.29 Å². The van der Waals surface area contributed by atoms with Gasteiger partial charge in [0.2, 0.25) is 0 Å². The molecule has 12 heteroatoms. The monoisotopic (exact) mass is 662 g/mol. The lowest BCUT2D eigenvalue weighted by Crippen LogP contribution is -2.60. The molecule has 1 atom stereocenters. The van der Waals surface area contributed by atoms with Gasteiger partial charge in [0, 0.05) is 81.6 Å². The molecule has 4 aliphatic rings. The standard InChI is InChI=1S/C37H42N8O4/c1-3-25-20-42(28-22-49-23-28)14-15-43(25)27-7-8-34(39-18-27)40-32-16-24(19-41(2)37(32)48)29-9-11-38-35(31(29)21-46)45-13-10-33-30(36(45)47)17-26-6-4-5-12-44(26)33/h7-9,11,16-19,21,25,28H,3-6,10,12-15,20,22-23H2,1-2H3,(H,39,40). The van der Waals surface area contributed by atoms with E-state index in [0.29, 0.717) is 64.6 Å². The second kappa shape index (κ2) is 12.9. The smallest absolute Gasteiger partial charge is 0.274 e. The average Bonchev–Trinajstić information content (AvgIpc) is 3.49. The van der Waals surface area contributed by atoms with Crippen molar-refractivity contribution in [1.82, 2.24) is 24.0 Å². The van der Waals surface area contributed by atoms with Crippen molar-refractivity contribution in [3.05, 3.63) is 81.8 Å². The molecule has 254 valence electrons. The van der Waals surface area contributed by atoms with Crippen LogP contribution in [0, 0.1) is 0 Å². The molecule has 49 heavy (non-hydrogen) atoms. The van der Waals surface area contributed by atoms with Crippen LogP contribution in [0.15, 0.2) is 53.7 Å². The van der Waals surface area contributed by atoms with Gasteiger partial charge < -0.3 is 24.1 Å². The molecule has 0 radical (unpaired) electrons. The van der Waals surface area contributed by atoms with Gasteiger partial charge in [-0.25, -0.2) is 9.97 Å². The summed E-state index contributed by atoms with van der Waals surface area (Å²) in [6.07, 6.45) is 10.9. The number of hydrogen-bond donors (Lipinski definition) is 1. The van der Waals surface area contributed by atoms with Gasteiger partial charge in [0.1, 0.15) is 17.3 Å². The normalized spacial score (nSPS) is 19.7. The minimum Gasteiger partial charge on any atom is -0.378 e. The van der Waals surface area contributed by atoms with Crippen LogP contribution in [0.2, 0.25) is 0 Å². The van der Waals surface area contributed by atoms with E-state index in [1.54, 1.807) is 36.5 Å². The second-order valence-electron chi connectivity index (χ2n) is 13.6. The highest BCUT2D eigenvalue weighted by molar-refractivity contribution is 6.10. The number of amides is 1. The largest absolute Gasteiger partial charge is 0.378 e. The molecule has 0 bridgehead atoms. The highest BCUT2D eigenvalue weighted by Gasteiger charge is 2.34. The van der Waals surface area contributed by atoms with E-state index in [0.717, 1.165) is 82.7 Å². The second-order valence-corrected chi connectivity index (χ2v) is 13.6. The highest BCUT2D eigenvalue weighted by atomic mass is 16.5. The molecule has 1 unspecified atom stereocenters. The van der Waals surface area contributed by atoms with E-state index in [1.807, 2.05) is 18.3 Å². The number of piperazine rings is 1. The number of fused-ring (bicyclic) bond motifs is 3. The fourth-order valence-corrected chi connectivity index (χ4v) is 7.93. The van der Waals surface area contributed by atoms with Crippen LogP contribution in [0.4, 0.5) is 23.0 Å². The lowest BCUT2D eigenvalue weighted by atomic mass is 10.0. The third-order valence-corrected chi connectivity index (χ3v) is 10.7. The number of aryl methyl sites for hydroxylation is 2. The molecule has 4 aromatic heterocycles. The molecule has 4 aromatic rings. The summed E-state index contributed by atoms with van der Waals surface area (Å²) in [5, 5.41) is 3.22. The molecule has 0 aromatic carbocycles. The van der Waals surface area contributed by atoms with E-state index in [2.05, 4.69) is 42.6 Å². The number of aldehydes is 1. The fraction of sp³-hybridized carbons (Fsp3) is 0.432. The average molecular weight is 663 g/mol. The quantitative estimate of drug-likeness (QED) is 0.279. The molecule has 0 spiro atoms. The Hall–Kier alpha value is -4.81. The van der Waals surface area contributed by atoms with E-state index in [9.17, 15) is 14.4 Å². The number of pyridine rings is 3. The van der Waals surface area contributed by atoms with Crippen LogP contribution >= 0.6 is 0 Å². The maximum Gasteiger partial charge on any atom is 0.274 e. The summed E-state index contributed by atoms with van der Waals surface area (Å²) in [7, 11) is 1.68. The van der Waals surface area contributed by atoms with Gasteiger partial charge in [-0.1, -0.05) is 6.92 Å². The van der Waals surface area contributed by atoms with Crippen LogP contribution in [0.5, 0.6) is 0 Å². The van der Waals surface area contributed by atoms with Crippen LogP contribution in [-0.4, -0.2) is 87.7 Å². The summed E-state index contributed by atoms with van der Waals surface area (Å²) < 4.78 is 9.21. The Morgan fingerprint density at radius 2 is 1.88 bits per heavy atom. The molecular formula is C37H42N8O4. The number of carbonyl (C=O) groups excluding carboxylic acids is 2. The van der Waals surface area contributed by atoms with Gasteiger partial charge in [-0.15, -0.1) is 0 Å². The Morgan fingerprint density at radius 3 is 2.63 bits per heavy atom. The molecule has 8 rings (SSSR count). The molecule has 0 aliphatic carbocycles. The third kappa shape index (κ3) is 5.62. The van der Waals surface area contributed by atoms with Gasteiger partial charge >= 0.3 is 0 Å². The lowest BCUT2D eigenvalue weighted by molar-refractivity contribution is -0.0698. The van der Waals surface area contributed by atoms with Crippen molar-refractivity contribution < 1.29 is 14.3 Å². The Balaban J connectivity index is 1.04. The van der Waals surface area contributed by atoms with Gasteiger partial charge in [0.05, 0.1) is 42.3 Å². The summed E-state index contributed by atoms with van der Waals surface area (Å²) >= 11 is 0. The number of hydrogen-bond acceptors (Lipinski definition) is 9. The Morgan fingerprint density at radius 1 is 1.00 bits per heavy atom. The number of rotatable bonds is 8. The lowest BCUT2D eigenvalue weighted by Gasteiger charge is -2.47. The van der Waals surface area contributed by atoms with Crippen molar-refractivity contribution in [1.29, 1.82) is 0 Å². The molecule has 12 nitrogen and oxygen atoms in total. The SMILES string of the molecule is CCC1CN(C2COC2)CCN1c1ccc(Nc2cc(-c3ccnc(N4CCc5c(cc6n5CCCC6)C4=O)c3C=O)cn(C)c2=O)nc1. The van der Waals surface area contributed by atoms with Crippen molar-refractivity contribution in [2.24, 2.45) is 7.05 Å². The van der Waals surface area contributed by atoms with E-state index in [-0.39, 0.29) is 11.5 Å². The van der Waals surface area contributed by atoms with E-state index in [1.165, 1.54) is 10.3 Å². The third-order valence-electron chi connectivity index (χ3n) is 10.7. The minimum atomic E-state index is -0.227. The topological polar surface area (TPSA) is 118 Å². The molecule has 1 N–H and O–H groups in total. The van der Waals surface area contributed by atoms with Crippen LogP contribution < -0.4 is 20.7 Å². The first-order valence-corrected chi connectivity index (χ1v) is 17.4. The summed E-state index contributed by atoms with van der Waals surface area (Å²) in [6, 6.07) is 10.4. The van der Waals surface area contributed by atoms with Crippen molar-refractivity contribution in [3.8, 4) is 11.1 Å². The molecule has 2 fully saturated rings. The number of anilines is 4. The number of ether oxygens (including phenoxy) is 1. The molecule has 4 aliphatic heterocycles. The summed E-state index contributed by atoms with van der Waals surface area (Å²) in [5.74, 6) is 0.751. The first-order chi connectivity index (χ1) is 23.9. The van der Waals surface area contributed by atoms with Crippen LogP contribution in [-0.2, 0) is 31.2 Å². The number of aromatic nitrogens is 4. The van der Waals surface area contributed by atoms with Gasteiger partial charge in [0.25, 0.3) is 11.5 Å². The van der Waals surface area contributed by atoms with Crippen LogP contribution in [0.1, 0.15) is 58.3 Å². The highest BCUT2D eigenvalue weighted by Crippen LogP contribution is 2.34. The summed E-state index contributed by atoms with van der Waals surface area (Å²) in [5.41, 5.74) is 5.71. The minimum absolute atomic E-state index is 0.131. The predicted molar refractivity (Wildman–Crippen MR) is 188 cm³/mol. The molecule has 1 amide bonds.